The summed E-state index contributed by atoms with van der Waals surface area (Å²) in [7, 11) is 0. The van der Waals surface area contributed by atoms with Crippen LogP contribution in [-0.2, 0) is 71.4 Å². The highest BCUT2D eigenvalue weighted by Crippen LogP contribution is 2.31. The van der Waals surface area contributed by atoms with Crippen molar-refractivity contribution in [2.75, 3.05) is 13.2 Å². The molecule has 17 heteroatoms. The van der Waals surface area contributed by atoms with E-state index in [0.717, 1.165) is 41.5 Å². The number of carbonyl (C=O) groups excluding carboxylic acids is 6. The monoisotopic (exact) mass is 594 g/mol. The first-order valence-corrected chi connectivity index (χ1v) is 12.4. The summed E-state index contributed by atoms with van der Waals surface area (Å²) in [6.45, 7) is 5.20. The van der Waals surface area contributed by atoms with Crippen LogP contribution in [0.5, 0.6) is 0 Å². The summed E-state index contributed by atoms with van der Waals surface area (Å²) >= 11 is 0. The molecule has 2 rings (SSSR count). The summed E-state index contributed by atoms with van der Waals surface area (Å²) in [6, 6.07) is 0. The van der Waals surface area contributed by atoms with Gasteiger partial charge in [0.05, 0.1) is 6.61 Å². The van der Waals surface area contributed by atoms with Crippen molar-refractivity contribution in [3.8, 4) is 0 Å². The second-order valence-corrected chi connectivity index (χ2v) is 9.10. The molecule has 10 atom stereocenters. The fraction of sp³-hybridized carbons (Fsp3) is 0.750. The van der Waals surface area contributed by atoms with Crippen LogP contribution in [0, 0.1) is 0 Å². The fourth-order valence-electron chi connectivity index (χ4n) is 4.21. The predicted molar refractivity (Wildman–Crippen MR) is 126 cm³/mol. The zero-order valence-corrected chi connectivity index (χ0v) is 23.2. The third-order valence-electron chi connectivity index (χ3n) is 5.61. The summed E-state index contributed by atoms with van der Waals surface area (Å²) in [5.74, 6) is -4.98. The van der Waals surface area contributed by atoms with Gasteiger partial charge in [0.15, 0.2) is 43.1 Å². The minimum Gasteiger partial charge on any atom is -0.463 e. The quantitative estimate of drug-likeness (QED) is 0.206. The summed E-state index contributed by atoms with van der Waals surface area (Å²) < 4.78 is 47.6. The first-order valence-electron chi connectivity index (χ1n) is 12.4. The second-order valence-electron chi connectivity index (χ2n) is 9.10. The molecule has 0 radical (unpaired) electrons. The molecule has 0 saturated carbocycles. The number of ether oxygens (including phenoxy) is 9. The molecule has 0 aliphatic carbocycles. The molecule has 0 unspecified atom stereocenters. The fourth-order valence-corrected chi connectivity index (χ4v) is 4.21. The topological polar surface area (TPSA) is 226 Å². The van der Waals surface area contributed by atoms with E-state index in [1.165, 1.54) is 0 Å². The van der Waals surface area contributed by atoms with E-state index in [2.05, 4.69) is 0 Å². The molecule has 2 aliphatic heterocycles. The molecule has 2 N–H and O–H groups in total. The lowest BCUT2D eigenvalue weighted by atomic mass is 9.97. The smallest absolute Gasteiger partial charge is 0.303 e. The third kappa shape index (κ3) is 9.89. The van der Waals surface area contributed by atoms with Crippen molar-refractivity contribution in [1.29, 1.82) is 0 Å². The van der Waals surface area contributed by atoms with E-state index in [1.807, 2.05) is 0 Å². The van der Waals surface area contributed by atoms with Crippen LogP contribution in [0.1, 0.15) is 41.5 Å². The Morgan fingerprint density at radius 3 is 1.49 bits per heavy atom. The summed E-state index contributed by atoms with van der Waals surface area (Å²) in [5, 5.41) is 21.5. The first-order chi connectivity index (χ1) is 19.1. The van der Waals surface area contributed by atoms with Gasteiger partial charge >= 0.3 is 35.8 Å². The normalized spacial score (nSPS) is 33.1. The molecule has 0 bridgehead atoms. The van der Waals surface area contributed by atoms with Crippen LogP contribution in [-0.4, -0.2) is 121 Å². The average Bonchev–Trinajstić information content (AvgIpc) is 2.83. The molecular weight excluding hydrogens is 560 g/mol. The Morgan fingerprint density at radius 2 is 0.976 bits per heavy atom. The van der Waals surface area contributed by atoms with Crippen molar-refractivity contribution in [3.05, 3.63) is 0 Å². The van der Waals surface area contributed by atoms with Crippen LogP contribution >= 0.6 is 0 Å². The minimum absolute atomic E-state index is 0.496. The van der Waals surface area contributed by atoms with Gasteiger partial charge in [-0.3, -0.25) is 28.8 Å². The van der Waals surface area contributed by atoms with Crippen molar-refractivity contribution in [1.82, 2.24) is 0 Å². The van der Waals surface area contributed by atoms with Gasteiger partial charge in [-0.1, -0.05) is 0 Å². The summed E-state index contributed by atoms with van der Waals surface area (Å²) in [4.78, 5) is 70.1. The van der Waals surface area contributed by atoms with E-state index in [9.17, 15) is 39.0 Å². The van der Waals surface area contributed by atoms with Crippen molar-refractivity contribution in [3.63, 3.8) is 0 Å². The van der Waals surface area contributed by atoms with Gasteiger partial charge in [-0.15, -0.1) is 0 Å². The van der Waals surface area contributed by atoms with E-state index in [1.54, 1.807) is 0 Å². The standard InChI is InChI=1S/C24H34O17/c1-9(25)33-7-15-18(35-10(2)26)17(31)20(37-12(4)28)24(41-15)34-8-16-19(36-11(3)27)21(38-13(5)29)22(23(32)40-16)39-14(6)30/h15-24,31-32H,7-8H2,1-6H3/t15-,16-,17+,18-,19-,20-,21+,22-,23-,24-/m1/s1. The maximum absolute atomic E-state index is 11.9. The summed E-state index contributed by atoms with van der Waals surface area (Å²) in [6.07, 6.45) is -15.6. The highest BCUT2D eigenvalue weighted by Gasteiger charge is 2.54. The molecule has 0 aromatic rings. The lowest BCUT2D eigenvalue weighted by molar-refractivity contribution is -0.329. The number of hydrogen-bond acceptors (Lipinski definition) is 17. The van der Waals surface area contributed by atoms with Crippen LogP contribution in [0.15, 0.2) is 0 Å². The van der Waals surface area contributed by atoms with Crippen LogP contribution < -0.4 is 0 Å². The number of aliphatic hydroxyl groups excluding tert-OH is 2. The summed E-state index contributed by atoms with van der Waals surface area (Å²) in [5.41, 5.74) is 0. The SMILES string of the molecule is CC(=O)OC[C@H]1O[C@@H](OC[C@H]2O[C@@H](O)[C@H](OC(C)=O)[C@@H](OC(C)=O)[C@@H]2OC(C)=O)[C@H](OC(C)=O)[C@@H](O)[C@@H]1OC(C)=O. The molecule has 41 heavy (non-hydrogen) atoms. The van der Waals surface area contributed by atoms with Gasteiger partial charge in [0, 0.05) is 41.5 Å². The molecule has 232 valence electrons. The van der Waals surface area contributed by atoms with E-state index >= 15 is 0 Å². The van der Waals surface area contributed by atoms with Gasteiger partial charge in [-0.2, -0.15) is 0 Å². The lowest BCUT2D eigenvalue weighted by Crippen LogP contribution is -2.64. The lowest BCUT2D eigenvalue weighted by Gasteiger charge is -2.45. The largest absolute Gasteiger partial charge is 0.463 e. The molecule has 0 spiro atoms. The van der Waals surface area contributed by atoms with Crippen LogP contribution in [0.4, 0.5) is 0 Å². The maximum atomic E-state index is 11.9. The Kier molecular flexibility index (Phi) is 12.4. The minimum atomic E-state index is -1.88. The molecule has 2 aliphatic rings. The predicted octanol–water partition coefficient (Wildman–Crippen LogP) is -1.97. The van der Waals surface area contributed by atoms with Gasteiger partial charge < -0.3 is 52.8 Å². The molecule has 2 fully saturated rings. The Hall–Kier alpha value is -3.38. The average molecular weight is 595 g/mol. The number of carbonyl (C=O) groups is 6. The Labute approximate surface area is 234 Å². The molecule has 17 nitrogen and oxygen atoms in total. The van der Waals surface area contributed by atoms with E-state index in [-0.39, 0.29) is 0 Å². The molecule has 0 aromatic heterocycles. The van der Waals surface area contributed by atoms with Crippen molar-refractivity contribution < 1.29 is 81.6 Å². The van der Waals surface area contributed by atoms with Gasteiger partial charge in [-0.25, -0.2) is 0 Å². The van der Waals surface area contributed by atoms with Gasteiger partial charge in [0.25, 0.3) is 0 Å². The van der Waals surface area contributed by atoms with Crippen molar-refractivity contribution >= 4 is 35.8 Å². The van der Waals surface area contributed by atoms with Crippen molar-refractivity contribution in [2.45, 2.75) is 103 Å². The first kappa shape index (κ1) is 33.8. The van der Waals surface area contributed by atoms with Gasteiger partial charge in [0.2, 0.25) is 0 Å². The molecule has 2 heterocycles. The Balaban J connectivity index is 2.36. The Bertz CT molecular complexity index is 979. The van der Waals surface area contributed by atoms with Crippen LogP contribution in [0.3, 0.4) is 0 Å². The van der Waals surface area contributed by atoms with E-state index < -0.39 is 110 Å². The molecule has 0 amide bonds. The van der Waals surface area contributed by atoms with Crippen LogP contribution in [0.25, 0.3) is 0 Å². The molecule has 0 aromatic carbocycles. The van der Waals surface area contributed by atoms with E-state index in [0.29, 0.717) is 0 Å². The maximum Gasteiger partial charge on any atom is 0.303 e. The van der Waals surface area contributed by atoms with Crippen molar-refractivity contribution in [2.24, 2.45) is 0 Å². The zero-order chi connectivity index (χ0) is 31.0. The van der Waals surface area contributed by atoms with Gasteiger partial charge in [0.1, 0.15) is 24.9 Å². The number of hydrogen-bond donors (Lipinski definition) is 2. The van der Waals surface area contributed by atoms with E-state index in [4.69, 9.17) is 42.6 Å². The molecule has 2 saturated heterocycles. The van der Waals surface area contributed by atoms with Crippen LogP contribution in [0.2, 0.25) is 0 Å². The highest BCUT2D eigenvalue weighted by molar-refractivity contribution is 5.69. The number of aliphatic hydroxyl groups is 2. The third-order valence-corrected chi connectivity index (χ3v) is 5.61. The number of rotatable bonds is 10. The number of esters is 6. The Morgan fingerprint density at radius 1 is 0.537 bits per heavy atom. The second kappa shape index (κ2) is 15.0. The zero-order valence-electron chi connectivity index (χ0n) is 23.2. The molecular formula is C24H34O17. The highest BCUT2D eigenvalue weighted by atomic mass is 16.7. The van der Waals surface area contributed by atoms with Gasteiger partial charge in [-0.05, 0) is 0 Å².